The lowest BCUT2D eigenvalue weighted by Crippen LogP contribution is -2.69. The van der Waals surface area contributed by atoms with Gasteiger partial charge in [-0.25, -0.2) is 0 Å². The molecule has 0 heterocycles. The Morgan fingerprint density at radius 2 is 1.08 bits per heavy atom. The van der Waals surface area contributed by atoms with E-state index < -0.39 is 22.5 Å². The van der Waals surface area contributed by atoms with Crippen LogP contribution in [0.25, 0.3) is 0 Å². The van der Waals surface area contributed by atoms with E-state index in [-0.39, 0.29) is 0 Å². The fourth-order valence-electron chi connectivity index (χ4n) is 1.16. The Morgan fingerprint density at radius 1 is 0.750 bits per heavy atom. The molecule has 0 aromatic carbocycles. The fraction of sp³-hybridized carbons (Fsp3) is 1.00. The van der Waals surface area contributed by atoms with Gasteiger partial charge < -0.3 is 4.43 Å². The Hall–Kier alpha value is 0.611. The maximum absolute atomic E-state index is 5.76. The van der Waals surface area contributed by atoms with Gasteiger partial charge in [-0.3, -0.25) is 0 Å². The van der Waals surface area contributed by atoms with Gasteiger partial charge in [-0.15, -0.1) is 0 Å². The molecule has 0 unspecified atom stereocenters. The van der Waals surface area contributed by atoms with Crippen molar-refractivity contribution in [3.05, 3.63) is 0 Å². The molecule has 0 aliphatic rings. The van der Waals surface area contributed by atoms with Crippen LogP contribution in [0.1, 0.15) is 0 Å². The molecule has 0 saturated carbocycles. The van der Waals surface area contributed by atoms with Crippen LogP contribution in [0, 0.1) is 0 Å². The van der Waals surface area contributed by atoms with Crippen LogP contribution in [-0.2, 0) is 4.43 Å². The van der Waals surface area contributed by atoms with Crippen molar-refractivity contribution in [3.63, 3.8) is 0 Å². The summed E-state index contributed by atoms with van der Waals surface area (Å²) in [7, 11) is -1.48. The van der Waals surface area contributed by atoms with Gasteiger partial charge in [-0.1, -0.05) is 32.7 Å². The van der Waals surface area contributed by atoms with E-state index in [1.165, 1.54) is 0 Å². The van der Waals surface area contributed by atoms with E-state index in [0.717, 1.165) is 0 Å². The minimum atomic E-state index is -1.34. The number of hydrogen-bond donors (Lipinski definition) is 0. The van der Waals surface area contributed by atoms with Gasteiger partial charge in [0.05, 0.1) is 7.11 Å². The third kappa shape index (κ3) is 2.10. The first-order valence-electron chi connectivity index (χ1n) is 4.61. The van der Waals surface area contributed by atoms with Gasteiger partial charge in [0.15, 0.2) is 7.83 Å². The summed E-state index contributed by atoms with van der Waals surface area (Å²) in [6, 6.07) is 0. The van der Waals surface area contributed by atoms with E-state index in [1.807, 2.05) is 7.11 Å². The molecule has 74 valence electrons. The molecule has 0 radical (unpaired) electrons. The number of hydrogen-bond acceptors (Lipinski definition) is 1. The molecule has 0 fully saturated rings. The molecule has 1 nitrogen and oxygen atoms in total. The molecular formula is C8H24OSi3. The lowest BCUT2D eigenvalue weighted by molar-refractivity contribution is 0.420. The highest BCUT2D eigenvalue weighted by Gasteiger charge is 2.50. The van der Waals surface area contributed by atoms with E-state index >= 15 is 0 Å². The van der Waals surface area contributed by atoms with Crippen LogP contribution in [0.4, 0.5) is 0 Å². The van der Waals surface area contributed by atoms with Crippen molar-refractivity contribution in [2.24, 2.45) is 0 Å². The molecular weight excluding hydrogens is 196 g/mol. The molecule has 0 aliphatic carbocycles. The second-order valence-corrected chi connectivity index (χ2v) is 33.9. The molecule has 0 atom stereocenters. The fourth-order valence-corrected chi connectivity index (χ4v) is 27.6. The van der Waals surface area contributed by atoms with E-state index in [9.17, 15) is 0 Å². The van der Waals surface area contributed by atoms with Gasteiger partial charge in [0.2, 0.25) is 0 Å². The maximum Gasteiger partial charge on any atom is 0.170 e. The second kappa shape index (κ2) is 3.40. The van der Waals surface area contributed by atoms with E-state index in [1.54, 1.807) is 0 Å². The maximum atomic E-state index is 5.76. The first-order chi connectivity index (χ1) is 5.06. The highest BCUT2D eigenvalue weighted by Crippen LogP contribution is 2.28. The zero-order valence-corrected chi connectivity index (χ0v) is 12.9. The zero-order valence-electron chi connectivity index (χ0n) is 9.91. The van der Waals surface area contributed by atoms with E-state index in [0.29, 0.717) is 0 Å². The van der Waals surface area contributed by atoms with Crippen LogP contribution in [0.2, 0.25) is 45.8 Å². The molecule has 4 heteroatoms. The van der Waals surface area contributed by atoms with Gasteiger partial charge in [-0.2, -0.15) is 0 Å². The topological polar surface area (TPSA) is 9.23 Å². The van der Waals surface area contributed by atoms with Crippen LogP contribution in [0.15, 0.2) is 0 Å². The molecule has 12 heavy (non-hydrogen) atoms. The summed E-state index contributed by atoms with van der Waals surface area (Å²) in [5.74, 6) is 0. The zero-order chi connectivity index (χ0) is 10.2. The first kappa shape index (κ1) is 12.6. The van der Waals surface area contributed by atoms with Crippen molar-refractivity contribution in [2.45, 2.75) is 45.8 Å². The lowest BCUT2D eigenvalue weighted by Gasteiger charge is -2.45. The molecule has 0 bridgehead atoms. The van der Waals surface area contributed by atoms with Crippen molar-refractivity contribution >= 4 is 22.5 Å². The monoisotopic (exact) mass is 220 g/mol. The molecule has 0 aromatic heterocycles. The van der Waals surface area contributed by atoms with Crippen molar-refractivity contribution < 1.29 is 4.43 Å². The Balaban J connectivity index is 4.85. The SMILES string of the molecule is CO[Si](C)(C)[Si](C)(C)[Si](C)(C)C. The molecule has 0 N–H and O–H groups in total. The van der Waals surface area contributed by atoms with E-state index in [2.05, 4.69) is 45.8 Å². The standard InChI is InChI=1S/C8H24OSi3/c1-9-11(5,6)12(7,8)10(2,3)4/h1-8H3. The van der Waals surface area contributed by atoms with Gasteiger partial charge in [-0.05, 0) is 13.1 Å². The minimum Gasteiger partial charge on any atom is -0.423 e. The van der Waals surface area contributed by atoms with Crippen LogP contribution < -0.4 is 0 Å². The third-order valence-corrected chi connectivity index (χ3v) is 44.7. The Labute approximate surface area is 80.3 Å². The molecule has 0 saturated heterocycles. The summed E-state index contributed by atoms with van der Waals surface area (Å²) in [5, 5.41) is 0. The molecule has 0 aromatic rings. The van der Waals surface area contributed by atoms with Crippen LogP contribution in [0.3, 0.4) is 0 Å². The molecule has 0 rings (SSSR count). The summed E-state index contributed by atoms with van der Waals surface area (Å²) in [6.45, 7) is 17.3. The van der Waals surface area contributed by atoms with Gasteiger partial charge in [0.1, 0.15) is 0 Å². The lowest BCUT2D eigenvalue weighted by atomic mass is 11.8. The van der Waals surface area contributed by atoms with Crippen molar-refractivity contribution in [1.29, 1.82) is 0 Å². The van der Waals surface area contributed by atoms with Crippen molar-refractivity contribution in [2.75, 3.05) is 7.11 Å². The van der Waals surface area contributed by atoms with Crippen LogP contribution in [-0.4, -0.2) is 29.6 Å². The van der Waals surface area contributed by atoms with Gasteiger partial charge in [0.25, 0.3) is 0 Å². The largest absolute Gasteiger partial charge is 0.423 e. The Morgan fingerprint density at radius 3 is 1.17 bits per heavy atom. The normalized spacial score (nSPS) is 15.0. The van der Waals surface area contributed by atoms with Gasteiger partial charge >= 0.3 is 0 Å². The van der Waals surface area contributed by atoms with Gasteiger partial charge in [0, 0.05) is 14.7 Å². The average Bonchev–Trinajstić information content (AvgIpc) is 1.85. The highest BCUT2D eigenvalue weighted by atomic mass is 29.6. The average molecular weight is 221 g/mol. The second-order valence-electron chi connectivity index (χ2n) is 5.59. The van der Waals surface area contributed by atoms with E-state index in [4.69, 9.17) is 4.43 Å². The summed E-state index contributed by atoms with van der Waals surface area (Å²) in [4.78, 5) is 0. The molecule has 0 spiro atoms. The first-order valence-corrected chi connectivity index (χ1v) is 16.0. The molecule has 0 amide bonds. The summed E-state index contributed by atoms with van der Waals surface area (Å²) < 4.78 is 5.76. The molecule has 0 aliphatic heterocycles. The Bertz CT molecular complexity index is 158. The smallest absolute Gasteiger partial charge is 0.170 e. The van der Waals surface area contributed by atoms with Crippen LogP contribution >= 0.6 is 0 Å². The quantitative estimate of drug-likeness (QED) is 0.665. The van der Waals surface area contributed by atoms with Crippen LogP contribution in [0.5, 0.6) is 0 Å². The Kier molecular flexibility index (Phi) is 3.57. The highest BCUT2D eigenvalue weighted by molar-refractivity contribution is 7.67. The van der Waals surface area contributed by atoms with Crippen molar-refractivity contribution in [1.82, 2.24) is 0 Å². The summed E-state index contributed by atoms with van der Waals surface area (Å²) in [5.41, 5.74) is 0. The third-order valence-electron chi connectivity index (χ3n) is 3.89. The minimum absolute atomic E-state index is 0.966. The predicted molar refractivity (Wildman–Crippen MR) is 65.3 cm³/mol. The summed E-state index contributed by atoms with van der Waals surface area (Å²) >= 11 is 0. The summed E-state index contributed by atoms with van der Waals surface area (Å²) in [6.07, 6.45) is 0. The van der Waals surface area contributed by atoms with Crippen molar-refractivity contribution in [3.8, 4) is 0 Å². The number of rotatable bonds is 3. The predicted octanol–water partition coefficient (Wildman–Crippen LogP) is 3.04.